The highest BCUT2D eigenvalue weighted by Gasteiger charge is 2.63. The van der Waals surface area contributed by atoms with Gasteiger partial charge < -0.3 is 5.32 Å². The Balaban J connectivity index is 2.41. The van der Waals surface area contributed by atoms with Crippen LogP contribution >= 0.6 is 0 Å². The van der Waals surface area contributed by atoms with Crippen LogP contribution in [-0.2, 0) is 0 Å². The molecule has 0 atom stereocenters. The van der Waals surface area contributed by atoms with Crippen molar-refractivity contribution in [2.24, 2.45) is 16.7 Å². The van der Waals surface area contributed by atoms with Crippen LogP contribution in [0.5, 0.6) is 0 Å². The number of hydrogen-bond acceptors (Lipinski definition) is 1. The van der Waals surface area contributed by atoms with E-state index in [0.29, 0.717) is 10.8 Å². The average molecular weight is 155 g/mol. The van der Waals surface area contributed by atoms with Gasteiger partial charge >= 0.3 is 0 Å². The van der Waals surface area contributed by atoms with E-state index in [0.717, 1.165) is 12.5 Å². The molecule has 0 heterocycles. The van der Waals surface area contributed by atoms with Gasteiger partial charge in [0.2, 0.25) is 0 Å². The van der Waals surface area contributed by atoms with Gasteiger partial charge in [0.15, 0.2) is 0 Å². The Kier molecular flexibility index (Phi) is 2.04. The first-order valence-corrected chi connectivity index (χ1v) is 4.59. The summed E-state index contributed by atoms with van der Waals surface area (Å²) in [4.78, 5) is 0. The molecule has 1 fully saturated rings. The summed E-state index contributed by atoms with van der Waals surface area (Å²) in [5.74, 6) is 0.919. The molecule has 0 bridgehead atoms. The van der Waals surface area contributed by atoms with Gasteiger partial charge in [-0.25, -0.2) is 0 Å². The molecule has 0 aromatic heterocycles. The molecule has 1 N–H and O–H groups in total. The Morgan fingerprint density at radius 1 is 1.09 bits per heavy atom. The number of rotatable bonds is 3. The van der Waals surface area contributed by atoms with Gasteiger partial charge in [0.25, 0.3) is 0 Å². The maximum atomic E-state index is 3.21. The Bertz CT molecular complexity index is 133. The molecule has 0 aromatic rings. The fourth-order valence-electron chi connectivity index (χ4n) is 2.34. The predicted octanol–water partition coefficient (Wildman–Crippen LogP) is 2.28. The van der Waals surface area contributed by atoms with E-state index in [1.165, 1.54) is 6.42 Å². The summed E-state index contributed by atoms with van der Waals surface area (Å²) in [5.41, 5.74) is 1.15. The molecule has 1 aliphatic rings. The highest BCUT2D eigenvalue weighted by atomic mass is 14.8. The zero-order chi connectivity index (χ0) is 8.70. The lowest BCUT2D eigenvalue weighted by molar-refractivity contribution is 0.457. The Labute approximate surface area is 70.6 Å². The summed E-state index contributed by atoms with van der Waals surface area (Å²) in [6.45, 7) is 10.7. The molecule has 0 aliphatic heterocycles. The smallest absolute Gasteiger partial charge is 0.00489 e. The van der Waals surface area contributed by atoms with Gasteiger partial charge in [-0.1, -0.05) is 27.7 Å². The molecule has 0 unspecified atom stereocenters. The lowest BCUT2D eigenvalue weighted by Gasteiger charge is -2.04. The van der Waals surface area contributed by atoms with Crippen LogP contribution in [0.15, 0.2) is 0 Å². The van der Waals surface area contributed by atoms with Crippen LogP contribution in [0, 0.1) is 16.7 Å². The second-order valence-corrected chi connectivity index (χ2v) is 4.89. The third-order valence-electron chi connectivity index (χ3n) is 4.00. The van der Waals surface area contributed by atoms with E-state index in [-0.39, 0.29) is 0 Å². The molecule has 0 radical (unpaired) electrons. The first kappa shape index (κ1) is 9.05. The van der Waals surface area contributed by atoms with Crippen molar-refractivity contribution in [1.82, 2.24) is 5.32 Å². The van der Waals surface area contributed by atoms with Crippen molar-refractivity contribution in [3.63, 3.8) is 0 Å². The standard InChI is InChI=1S/C10H21N/c1-9(2)8(6-7-11-5)10(9,3)4/h8,11H,6-7H2,1-5H3. The second-order valence-electron chi connectivity index (χ2n) is 4.89. The van der Waals surface area contributed by atoms with Gasteiger partial charge in [-0.2, -0.15) is 0 Å². The van der Waals surface area contributed by atoms with Crippen molar-refractivity contribution in [3.05, 3.63) is 0 Å². The summed E-state index contributed by atoms with van der Waals surface area (Å²) < 4.78 is 0. The molecular weight excluding hydrogens is 134 g/mol. The first-order chi connectivity index (χ1) is 4.94. The fraction of sp³-hybridized carbons (Fsp3) is 1.00. The highest BCUT2D eigenvalue weighted by Crippen LogP contribution is 2.69. The topological polar surface area (TPSA) is 12.0 Å². The van der Waals surface area contributed by atoms with Crippen molar-refractivity contribution in [2.45, 2.75) is 34.1 Å². The van der Waals surface area contributed by atoms with Crippen LogP contribution < -0.4 is 5.32 Å². The number of hydrogen-bond donors (Lipinski definition) is 1. The maximum absolute atomic E-state index is 3.21. The van der Waals surface area contributed by atoms with Crippen molar-refractivity contribution in [1.29, 1.82) is 0 Å². The van der Waals surface area contributed by atoms with Gasteiger partial charge in [-0.05, 0) is 36.8 Å². The summed E-state index contributed by atoms with van der Waals surface area (Å²) in [5, 5.41) is 3.21. The summed E-state index contributed by atoms with van der Waals surface area (Å²) in [7, 11) is 2.03. The molecule has 1 aliphatic carbocycles. The average Bonchev–Trinajstić information content (AvgIpc) is 2.23. The second kappa shape index (κ2) is 2.48. The van der Waals surface area contributed by atoms with Gasteiger partial charge in [0.1, 0.15) is 0 Å². The molecule has 1 heteroatoms. The normalized spacial score (nSPS) is 27.0. The van der Waals surface area contributed by atoms with Crippen molar-refractivity contribution in [2.75, 3.05) is 13.6 Å². The van der Waals surface area contributed by atoms with Crippen molar-refractivity contribution < 1.29 is 0 Å². The molecule has 0 aromatic carbocycles. The van der Waals surface area contributed by atoms with Crippen LogP contribution in [0.3, 0.4) is 0 Å². The minimum absolute atomic E-state index is 0.573. The van der Waals surface area contributed by atoms with Crippen LogP contribution in [-0.4, -0.2) is 13.6 Å². The van der Waals surface area contributed by atoms with Crippen molar-refractivity contribution in [3.8, 4) is 0 Å². The summed E-state index contributed by atoms with van der Waals surface area (Å²) in [6.07, 6.45) is 1.33. The minimum atomic E-state index is 0.573. The van der Waals surface area contributed by atoms with E-state index in [1.807, 2.05) is 7.05 Å². The molecule has 0 saturated heterocycles. The predicted molar refractivity (Wildman–Crippen MR) is 49.6 cm³/mol. The van der Waals surface area contributed by atoms with Gasteiger partial charge in [0, 0.05) is 0 Å². The highest BCUT2D eigenvalue weighted by molar-refractivity contribution is 5.11. The SMILES string of the molecule is CNCCC1C(C)(C)C1(C)C. The van der Waals surface area contributed by atoms with E-state index in [4.69, 9.17) is 0 Å². The van der Waals surface area contributed by atoms with E-state index in [1.54, 1.807) is 0 Å². The van der Waals surface area contributed by atoms with Crippen molar-refractivity contribution >= 4 is 0 Å². The van der Waals surface area contributed by atoms with Gasteiger partial charge in [-0.3, -0.25) is 0 Å². The van der Waals surface area contributed by atoms with Gasteiger partial charge in [0.05, 0.1) is 0 Å². The van der Waals surface area contributed by atoms with Gasteiger partial charge in [-0.15, -0.1) is 0 Å². The van der Waals surface area contributed by atoms with E-state index >= 15 is 0 Å². The fourth-order valence-corrected chi connectivity index (χ4v) is 2.34. The summed E-state index contributed by atoms with van der Waals surface area (Å²) >= 11 is 0. The maximum Gasteiger partial charge on any atom is -0.00489 e. The van der Waals surface area contributed by atoms with Crippen LogP contribution in [0.4, 0.5) is 0 Å². The minimum Gasteiger partial charge on any atom is -0.320 e. The third kappa shape index (κ3) is 1.20. The molecule has 0 amide bonds. The zero-order valence-corrected chi connectivity index (χ0v) is 8.49. The molecule has 1 nitrogen and oxygen atoms in total. The molecule has 66 valence electrons. The Hall–Kier alpha value is -0.0400. The largest absolute Gasteiger partial charge is 0.320 e. The first-order valence-electron chi connectivity index (χ1n) is 4.59. The van der Waals surface area contributed by atoms with E-state index in [9.17, 15) is 0 Å². The molecule has 1 rings (SSSR count). The zero-order valence-electron chi connectivity index (χ0n) is 8.49. The lowest BCUT2D eigenvalue weighted by atomic mass is 10.0. The number of nitrogens with one attached hydrogen (secondary N) is 1. The Morgan fingerprint density at radius 2 is 1.55 bits per heavy atom. The molecule has 1 saturated carbocycles. The van der Waals surface area contributed by atoms with Crippen LogP contribution in [0.1, 0.15) is 34.1 Å². The summed E-state index contributed by atoms with van der Waals surface area (Å²) in [6, 6.07) is 0. The van der Waals surface area contributed by atoms with Crippen LogP contribution in [0.2, 0.25) is 0 Å². The molecule has 0 spiro atoms. The van der Waals surface area contributed by atoms with E-state index in [2.05, 4.69) is 33.0 Å². The monoisotopic (exact) mass is 155 g/mol. The molecular formula is C10H21N. The quantitative estimate of drug-likeness (QED) is 0.659. The third-order valence-corrected chi connectivity index (χ3v) is 4.00. The Morgan fingerprint density at radius 3 is 1.82 bits per heavy atom. The van der Waals surface area contributed by atoms with E-state index < -0.39 is 0 Å². The lowest BCUT2D eigenvalue weighted by Crippen LogP contribution is -2.09. The van der Waals surface area contributed by atoms with Crippen LogP contribution in [0.25, 0.3) is 0 Å². The molecule has 11 heavy (non-hydrogen) atoms.